The van der Waals surface area contributed by atoms with Crippen LogP contribution < -0.4 is 5.32 Å². The summed E-state index contributed by atoms with van der Waals surface area (Å²) in [6, 6.07) is 48.8. The molecule has 8 aromatic carbocycles. The monoisotopic (exact) mass is 483 g/mol. The van der Waals surface area contributed by atoms with Gasteiger partial charge in [-0.1, -0.05) is 127 Å². The summed E-state index contributed by atoms with van der Waals surface area (Å²) in [5.41, 5.74) is 2.45. The maximum Gasteiger partial charge on any atom is 0.0429 e. The first-order valence-corrected chi connectivity index (χ1v) is 13.2. The van der Waals surface area contributed by atoms with E-state index in [1.54, 1.807) is 0 Å². The maximum atomic E-state index is 3.79. The molecule has 0 radical (unpaired) electrons. The van der Waals surface area contributed by atoms with Crippen molar-refractivity contribution in [2.75, 3.05) is 5.32 Å². The largest absolute Gasteiger partial charge is 0.380 e. The Morgan fingerprint density at radius 3 is 1.58 bits per heavy atom. The van der Waals surface area contributed by atoms with Crippen LogP contribution in [-0.2, 0) is 6.54 Å². The van der Waals surface area contributed by atoms with Gasteiger partial charge in [0.1, 0.15) is 0 Å². The van der Waals surface area contributed by atoms with Crippen LogP contribution in [0.25, 0.3) is 64.6 Å². The molecular formula is C37H25N. The van der Waals surface area contributed by atoms with Gasteiger partial charge in [0.05, 0.1) is 0 Å². The Morgan fingerprint density at radius 1 is 0.368 bits per heavy atom. The van der Waals surface area contributed by atoms with E-state index in [0.29, 0.717) is 0 Å². The second-order valence-corrected chi connectivity index (χ2v) is 10.2. The number of benzene rings is 8. The summed E-state index contributed by atoms with van der Waals surface area (Å²) in [7, 11) is 0. The SMILES string of the molecule is c1ccc(CNc2cc3ccc4ccc5ccccc5c4c3c3c2ccc2ccc4ccccc4c23)cc1. The van der Waals surface area contributed by atoms with E-state index >= 15 is 0 Å². The van der Waals surface area contributed by atoms with E-state index in [9.17, 15) is 0 Å². The highest BCUT2D eigenvalue weighted by molar-refractivity contribution is 6.36. The molecule has 0 unspecified atom stereocenters. The van der Waals surface area contributed by atoms with Crippen molar-refractivity contribution in [1.82, 2.24) is 0 Å². The fraction of sp³-hybridized carbons (Fsp3) is 0.0270. The Hall–Kier alpha value is -4.88. The molecule has 1 nitrogen and oxygen atoms in total. The fourth-order valence-corrected chi connectivity index (χ4v) is 6.26. The molecule has 0 fully saturated rings. The quantitative estimate of drug-likeness (QED) is 0.246. The molecule has 0 heterocycles. The number of fused-ring (bicyclic) bond motifs is 11. The fourth-order valence-electron chi connectivity index (χ4n) is 6.26. The van der Waals surface area contributed by atoms with Crippen molar-refractivity contribution in [1.29, 1.82) is 0 Å². The van der Waals surface area contributed by atoms with Gasteiger partial charge in [-0.3, -0.25) is 0 Å². The van der Waals surface area contributed by atoms with Gasteiger partial charge in [-0.05, 0) is 65.5 Å². The summed E-state index contributed by atoms with van der Waals surface area (Å²) in [4.78, 5) is 0. The molecule has 0 aromatic heterocycles. The first kappa shape index (κ1) is 21.2. The second kappa shape index (κ2) is 8.33. The van der Waals surface area contributed by atoms with E-state index in [-0.39, 0.29) is 0 Å². The van der Waals surface area contributed by atoms with Crippen molar-refractivity contribution >= 4 is 70.3 Å². The molecule has 0 saturated heterocycles. The zero-order valence-corrected chi connectivity index (χ0v) is 20.9. The molecule has 0 spiro atoms. The molecule has 0 amide bonds. The zero-order chi connectivity index (χ0) is 25.1. The zero-order valence-electron chi connectivity index (χ0n) is 20.9. The summed E-state index contributed by atoms with van der Waals surface area (Å²) < 4.78 is 0. The van der Waals surface area contributed by atoms with Gasteiger partial charge in [0, 0.05) is 23.0 Å². The normalized spacial score (nSPS) is 11.8. The van der Waals surface area contributed by atoms with Crippen LogP contribution in [0.2, 0.25) is 0 Å². The Labute approximate surface area is 220 Å². The van der Waals surface area contributed by atoms with Crippen molar-refractivity contribution in [3.63, 3.8) is 0 Å². The lowest BCUT2D eigenvalue weighted by Gasteiger charge is -2.18. The molecule has 0 aliphatic heterocycles. The van der Waals surface area contributed by atoms with Crippen molar-refractivity contribution < 1.29 is 0 Å². The average molecular weight is 484 g/mol. The van der Waals surface area contributed by atoms with E-state index < -0.39 is 0 Å². The lowest BCUT2D eigenvalue weighted by molar-refractivity contribution is 1.16. The Balaban J connectivity index is 1.58. The van der Waals surface area contributed by atoms with E-state index in [1.807, 2.05) is 0 Å². The van der Waals surface area contributed by atoms with Gasteiger partial charge in [0.15, 0.2) is 0 Å². The Morgan fingerprint density at radius 2 is 0.895 bits per heavy atom. The van der Waals surface area contributed by atoms with Crippen LogP contribution in [0.5, 0.6) is 0 Å². The lowest BCUT2D eigenvalue weighted by Crippen LogP contribution is -2.00. The molecule has 38 heavy (non-hydrogen) atoms. The maximum absolute atomic E-state index is 3.79. The highest BCUT2D eigenvalue weighted by Gasteiger charge is 2.16. The first-order valence-electron chi connectivity index (χ1n) is 13.2. The first-order chi connectivity index (χ1) is 18.8. The number of rotatable bonds is 3. The standard InChI is InChI=1S/C37H25N/c1-2-8-24(9-3-1)23-38-33-22-29-19-18-27-16-14-25-10-4-6-12-30(25)34(27)36(29)37-32(33)21-20-28-17-15-26-11-5-7-13-31(26)35(28)37/h1-22,38H,23H2. The van der Waals surface area contributed by atoms with Gasteiger partial charge in [-0.2, -0.15) is 0 Å². The predicted molar refractivity (Wildman–Crippen MR) is 165 cm³/mol. The molecule has 1 N–H and O–H groups in total. The third-order valence-corrected chi connectivity index (χ3v) is 8.02. The lowest BCUT2D eigenvalue weighted by atomic mass is 9.88. The molecule has 0 saturated carbocycles. The molecule has 178 valence electrons. The van der Waals surface area contributed by atoms with Gasteiger partial charge in [-0.25, -0.2) is 0 Å². The second-order valence-electron chi connectivity index (χ2n) is 10.2. The van der Waals surface area contributed by atoms with Crippen LogP contribution >= 0.6 is 0 Å². The van der Waals surface area contributed by atoms with Gasteiger partial charge in [-0.15, -0.1) is 0 Å². The van der Waals surface area contributed by atoms with E-state index in [4.69, 9.17) is 0 Å². The van der Waals surface area contributed by atoms with Crippen LogP contribution in [0.3, 0.4) is 0 Å². The highest BCUT2D eigenvalue weighted by Crippen LogP contribution is 2.44. The van der Waals surface area contributed by atoms with Crippen LogP contribution in [0, 0.1) is 0 Å². The topological polar surface area (TPSA) is 12.0 Å². The van der Waals surface area contributed by atoms with Gasteiger partial charge in [0.2, 0.25) is 0 Å². The minimum absolute atomic E-state index is 0.783. The van der Waals surface area contributed by atoms with Gasteiger partial charge < -0.3 is 5.32 Å². The van der Waals surface area contributed by atoms with Crippen LogP contribution in [0.1, 0.15) is 5.56 Å². The van der Waals surface area contributed by atoms with Crippen LogP contribution in [-0.4, -0.2) is 0 Å². The third kappa shape index (κ3) is 3.19. The molecule has 8 rings (SSSR count). The summed E-state index contributed by atoms with van der Waals surface area (Å²) in [5.74, 6) is 0. The summed E-state index contributed by atoms with van der Waals surface area (Å²) in [5, 5.41) is 19.3. The predicted octanol–water partition coefficient (Wildman–Crippen LogP) is 10.2. The van der Waals surface area contributed by atoms with Crippen molar-refractivity contribution in [3.8, 4) is 0 Å². The summed E-state index contributed by atoms with van der Waals surface area (Å²) in [6.07, 6.45) is 0. The number of hydrogen-bond acceptors (Lipinski definition) is 1. The molecule has 0 bridgehead atoms. The molecular weight excluding hydrogens is 458 g/mol. The number of anilines is 1. The highest BCUT2D eigenvalue weighted by atomic mass is 14.9. The van der Waals surface area contributed by atoms with Crippen LogP contribution in [0.4, 0.5) is 5.69 Å². The number of hydrogen-bond donors (Lipinski definition) is 1. The molecule has 0 aliphatic carbocycles. The molecule has 8 aromatic rings. The van der Waals surface area contributed by atoms with Gasteiger partial charge in [0.25, 0.3) is 0 Å². The molecule has 0 atom stereocenters. The van der Waals surface area contributed by atoms with Crippen molar-refractivity contribution in [2.24, 2.45) is 0 Å². The number of nitrogens with one attached hydrogen (secondary N) is 1. The minimum Gasteiger partial charge on any atom is -0.380 e. The Kier molecular flexibility index (Phi) is 4.65. The van der Waals surface area contributed by atoms with Crippen molar-refractivity contribution in [3.05, 3.63) is 139 Å². The summed E-state index contributed by atoms with van der Waals surface area (Å²) >= 11 is 0. The minimum atomic E-state index is 0.783. The smallest absolute Gasteiger partial charge is 0.0429 e. The molecule has 0 aliphatic rings. The third-order valence-electron chi connectivity index (χ3n) is 8.02. The van der Waals surface area contributed by atoms with E-state index in [0.717, 1.165) is 6.54 Å². The Bertz CT molecular complexity index is 2170. The average Bonchev–Trinajstić information content (AvgIpc) is 2.99. The van der Waals surface area contributed by atoms with E-state index in [1.165, 1.54) is 75.9 Å². The summed E-state index contributed by atoms with van der Waals surface area (Å²) in [6.45, 7) is 0.783. The molecule has 1 heteroatoms. The van der Waals surface area contributed by atoms with Crippen molar-refractivity contribution in [2.45, 2.75) is 6.54 Å². The van der Waals surface area contributed by atoms with Crippen LogP contribution in [0.15, 0.2) is 133 Å². The van der Waals surface area contributed by atoms with E-state index in [2.05, 4.69) is 139 Å². The van der Waals surface area contributed by atoms with Gasteiger partial charge >= 0.3 is 0 Å².